The number of nitrogens with two attached hydrogens (primary N) is 1. The van der Waals surface area contributed by atoms with Crippen LogP contribution in [-0.2, 0) is 11.3 Å². The van der Waals surface area contributed by atoms with E-state index in [4.69, 9.17) is 20.2 Å². The molecule has 2 atom stereocenters. The lowest BCUT2D eigenvalue weighted by molar-refractivity contribution is 0.0128. The summed E-state index contributed by atoms with van der Waals surface area (Å²) in [5.74, 6) is -0.0667. The van der Waals surface area contributed by atoms with Crippen LogP contribution in [-0.4, -0.2) is 52.8 Å². The van der Waals surface area contributed by atoms with Crippen LogP contribution in [0.4, 0.5) is 19.5 Å². The Bertz CT molecular complexity index is 1670. The number of ether oxygens (including phenoxy) is 2. The van der Waals surface area contributed by atoms with Crippen LogP contribution in [0.1, 0.15) is 34.7 Å². The second-order valence-corrected chi connectivity index (χ2v) is 10.4. The van der Waals surface area contributed by atoms with E-state index in [9.17, 15) is 13.6 Å². The quantitative estimate of drug-likeness (QED) is 0.382. The summed E-state index contributed by atoms with van der Waals surface area (Å²) in [4.78, 5) is 19.0. The number of nitrogens with zero attached hydrogens (tertiary/aromatic N) is 3. The molecule has 204 valence electrons. The Balaban J connectivity index is 1.34. The molecule has 0 spiro atoms. The molecule has 4 heterocycles. The zero-order valence-corrected chi connectivity index (χ0v) is 21.6. The van der Waals surface area contributed by atoms with Gasteiger partial charge in [0.25, 0.3) is 0 Å². The first-order valence-corrected chi connectivity index (χ1v) is 13.3. The summed E-state index contributed by atoms with van der Waals surface area (Å²) < 4.78 is 42.5. The number of carbonyl (C=O) groups excluding carboxylic acids is 1. The van der Waals surface area contributed by atoms with Crippen LogP contribution in [0.25, 0.3) is 22.7 Å². The zero-order chi connectivity index (χ0) is 27.4. The molecule has 8 nitrogen and oxygen atoms in total. The van der Waals surface area contributed by atoms with Crippen molar-refractivity contribution in [3.05, 3.63) is 88.5 Å². The maximum Gasteiger partial charge on any atom is 0.318 e. The predicted molar refractivity (Wildman–Crippen MR) is 147 cm³/mol. The van der Waals surface area contributed by atoms with E-state index in [1.807, 2.05) is 30.3 Å². The minimum Gasteiger partial charge on any atom is -0.488 e. The van der Waals surface area contributed by atoms with Crippen molar-refractivity contribution in [1.29, 1.82) is 0 Å². The first kappa shape index (κ1) is 24.7. The minimum atomic E-state index is -0.682. The first-order chi connectivity index (χ1) is 19.4. The van der Waals surface area contributed by atoms with E-state index in [2.05, 4.69) is 14.8 Å². The van der Waals surface area contributed by atoms with Crippen LogP contribution >= 0.6 is 0 Å². The second-order valence-electron chi connectivity index (χ2n) is 10.4. The number of halogens is 2. The topological polar surface area (TPSA) is 94.6 Å². The van der Waals surface area contributed by atoms with Crippen molar-refractivity contribution in [2.45, 2.75) is 25.1 Å². The maximum absolute atomic E-state index is 14.8. The van der Waals surface area contributed by atoms with E-state index < -0.39 is 11.8 Å². The lowest BCUT2D eigenvalue weighted by Gasteiger charge is -2.28. The van der Waals surface area contributed by atoms with Gasteiger partial charge in [-0.05, 0) is 59.5 Å². The molecule has 40 heavy (non-hydrogen) atoms. The third kappa shape index (κ3) is 4.29. The standard InChI is InChI=1S/C30H27F2N5O3/c31-18-5-6-22-23(21-2-1-3-25(32)24(21)16-40-28(22)12-18)10-17-4-7-27-26(11-17)34-30(35-29(33)38)37(27)19-13-20-15-39-9-8-36(20)14-19/h1-7,10-12,19-20H,8-9,13-16H2,(H3,33,34,35,38)/t19-,20+/m0/s1. The normalized spacial score (nSPS) is 21.4. The Morgan fingerprint density at radius 2 is 2.00 bits per heavy atom. The number of anilines is 1. The highest BCUT2D eigenvalue weighted by atomic mass is 19.1. The lowest BCUT2D eigenvalue weighted by Crippen LogP contribution is -2.40. The number of carbonyl (C=O) groups is 1. The smallest absolute Gasteiger partial charge is 0.318 e. The molecule has 3 N–H and O–H groups in total. The zero-order valence-electron chi connectivity index (χ0n) is 21.6. The number of morpholine rings is 1. The van der Waals surface area contributed by atoms with Gasteiger partial charge < -0.3 is 19.8 Å². The number of aromatic nitrogens is 2. The van der Waals surface area contributed by atoms with Crippen molar-refractivity contribution >= 4 is 34.7 Å². The summed E-state index contributed by atoms with van der Waals surface area (Å²) in [6, 6.07) is 14.8. The predicted octanol–water partition coefficient (Wildman–Crippen LogP) is 4.93. The van der Waals surface area contributed by atoms with Crippen LogP contribution in [0.5, 0.6) is 5.75 Å². The number of hydrogen-bond donors (Lipinski definition) is 2. The molecule has 3 aliphatic rings. The highest BCUT2D eigenvalue weighted by molar-refractivity contribution is 5.96. The molecular formula is C30H27F2N5O3. The Labute approximate surface area is 229 Å². The van der Waals surface area contributed by atoms with Crippen LogP contribution in [0.2, 0.25) is 0 Å². The van der Waals surface area contributed by atoms with Gasteiger partial charge in [0.1, 0.15) is 24.0 Å². The summed E-state index contributed by atoms with van der Waals surface area (Å²) in [5.41, 5.74) is 10.3. The van der Waals surface area contributed by atoms with E-state index in [-0.39, 0.29) is 18.5 Å². The van der Waals surface area contributed by atoms with Crippen LogP contribution in [0, 0.1) is 11.6 Å². The van der Waals surface area contributed by atoms with Gasteiger partial charge in [0, 0.05) is 36.3 Å². The summed E-state index contributed by atoms with van der Waals surface area (Å²) >= 11 is 0. The van der Waals surface area contributed by atoms with Crippen LogP contribution in [0.3, 0.4) is 0 Å². The Kier molecular flexibility index (Phi) is 6.01. The Hall–Kier alpha value is -4.28. The van der Waals surface area contributed by atoms with E-state index in [0.29, 0.717) is 58.7 Å². The molecule has 10 heteroatoms. The van der Waals surface area contributed by atoms with E-state index >= 15 is 0 Å². The summed E-state index contributed by atoms with van der Waals surface area (Å²) in [7, 11) is 0. The number of fused-ring (bicyclic) bond motifs is 4. The molecular weight excluding hydrogens is 516 g/mol. The van der Waals surface area contributed by atoms with Gasteiger partial charge in [0.2, 0.25) is 5.95 Å². The molecule has 0 unspecified atom stereocenters. The number of rotatable bonds is 3. The van der Waals surface area contributed by atoms with Gasteiger partial charge >= 0.3 is 6.03 Å². The maximum atomic E-state index is 14.8. The fourth-order valence-corrected chi connectivity index (χ4v) is 6.18. The molecule has 4 aromatic rings. The molecule has 3 aliphatic heterocycles. The van der Waals surface area contributed by atoms with Gasteiger partial charge in [-0.3, -0.25) is 10.2 Å². The average Bonchev–Trinajstić information content (AvgIpc) is 3.46. The number of benzene rings is 3. The Morgan fingerprint density at radius 1 is 1.10 bits per heavy atom. The van der Waals surface area contributed by atoms with Gasteiger partial charge in [-0.2, -0.15) is 0 Å². The third-order valence-corrected chi connectivity index (χ3v) is 7.98. The van der Waals surface area contributed by atoms with Crippen molar-refractivity contribution in [1.82, 2.24) is 14.5 Å². The second kappa shape index (κ2) is 9.72. The van der Waals surface area contributed by atoms with Crippen molar-refractivity contribution in [2.24, 2.45) is 5.73 Å². The fraction of sp³-hybridized carbons (Fsp3) is 0.267. The lowest BCUT2D eigenvalue weighted by atomic mass is 9.92. The highest BCUT2D eigenvalue weighted by Crippen LogP contribution is 2.40. The average molecular weight is 544 g/mol. The summed E-state index contributed by atoms with van der Waals surface area (Å²) in [6.07, 6.45) is 2.80. The molecule has 2 fully saturated rings. The van der Waals surface area contributed by atoms with Gasteiger partial charge in [0.15, 0.2) is 0 Å². The molecule has 2 amide bonds. The van der Waals surface area contributed by atoms with Gasteiger partial charge in [-0.25, -0.2) is 18.6 Å². The molecule has 2 saturated heterocycles. The van der Waals surface area contributed by atoms with Crippen LogP contribution in [0.15, 0.2) is 54.6 Å². The number of hydrogen-bond acceptors (Lipinski definition) is 5. The van der Waals surface area contributed by atoms with E-state index in [1.165, 1.54) is 18.2 Å². The van der Waals surface area contributed by atoms with Gasteiger partial charge in [-0.15, -0.1) is 0 Å². The number of amides is 2. The van der Waals surface area contributed by atoms with E-state index in [1.54, 1.807) is 12.1 Å². The van der Waals surface area contributed by atoms with Crippen LogP contribution < -0.4 is 15.8 Å². The van der Waals surface area contributed by atoms with Crippen molar-refractivity contribution in [3.63, 3.8) is 0 Å². The molecule has 7 rings (SSSR count). The van der Waals surface area contributed by atoms with Crippen molar-refractivity contribution in [2.75, 3.05) is 31.6 Å². The van der Waals surface area contributed by atoms with Gasteiger partial charge in [-0.1, -0.05) is 18.2 Å². The number of imidazole rings is 1. The molecule has 0 aliphatic carbocycles. The number of nitrogens with one attached hydrogen (secondary N) is 1. The third-order valence-electron chi connectivity index (χ3n) is 7.98. The monoisotopic (exact) mass is 543 g/mol. The first-order valence-electron chi connectivity index (χ1n) is 13.3. The summed E-state index contributed by atoms with van der Waals surface area (Å²) in [5, 5.41) is 2.70. The van der Waals surface area contributed by atoms with Gasteiger partial charge in [0.05, 0.1) is 30.3 Å². The van der Waals surface area contributed by atoms with Crippen molar-refractivity contribution in [3.8, 4) is 5.75 Å². The highest BCUT2D eigenvalue weighted by Gasteiger charge is 2.36. The number of urea groups is 1. The summed E-state index contributed by atoms with van der Waals surface area (Å²) in [6.45, 7) is 3.10. The van der Waals surface area contributed by atoms with E-state index in [0.717, 1.165) is 30.6 Å². The fourth-order valence-electron chi connectivity index (χ4n) is 6.18. The van der Waals surface area contributed by atoms with Crippen molar-refractivity contribution < 1.29 is 23.0 Å². The molecule has 1 aromatic heterocycles. The molecule has 0 bridgehead atoms. The molecule has 0 saturated carbocycles. The SMILES string of the molecule is NC(=O)Nc1nc2cc(C=C3c4ccc(F)cc4OCc4c(F)cccc43)ccc2n1[C@H]1C[C@@H]2COCCN2C1. The number of primary amides is 1. The molecule has 0 radical (unpaired) electrons. The Morgan fingerprint density at radius 3 is 2.85 bits per heavy atom. The minimum absolute atomic E-state index is 0.00811. The largest absolute Gasteiger partial charge is 0.488 e. The molecule has 3 aromatic carbocycles.